The van der Waals surface area contributed by atoms with Crippen LogP contribution in [0.2, 0.25) is 0 Å². The molecule has 0 unspecified atom stereocenters. The zero-order valence-corrected chi connectivity index (χ0v) is 19.1. The number of likely N-dealkylation sites (tertiary alicyclic amines) is 1. The van der Waals surface area contributed by atoms with E-state index in [-0.39, 0.29) is 17.7 Å². The van der Waals surface area contributed by atoms with Crippen molar-refractivity contribution in [3.05, 3.63) is 59.6 Å². The van der Waals surface area contributed by atoms with Crippen LogP contribution in [0.15, 0.2) is 53.5 Å². The zero-order valence-electron chi connectivity index (χ0n) is 19.1. The van der Waals surface area contributed by atoms with E-state index in [0.717, 1.165) is 16.7 Å². The lowest BCUT2D eigenvalue weighted by molar-refractivity contribution is -0.125. The van der Waals surface area contributed by atoms with Crippen LogP contribution in [0.3, 0.4) is 0 Å². The molecular weight excluding hydrogens is 418 g/mol. The Bertz CT molecular complexity index is 1230. The second-order valence-corrected chi connectivity index (χ2v) is 7.94. The molecule has 0 radical (unpaired) electrons. The van der Waals surface area contributed by atoms with Crippen LogP contribution in [0.25, 0.3) is 11.0 Å². The van der Waals surface area contributed by atoms with Crippen molar-refractivity contribution < 1.29 is 9.59 Å². The fraction of sp³-hybridized carbons (Fsp3) is 0.333. The fourth-order valence-electron chi connectivity index (χ4n) is 4.22. The van der Waals surface area contributed by atoms with Gasteiger partial charge in [0.05, 0.1) is 11.0 Å². The van der Waals surface area contributed by atoms with Gasteiger partial charge in [0.15, 0.2) is 11.3 Å². The van der Waals surface area contributed by atoms with Gasteiger partial charge >= 0.3 is 0 Å². The van der Waals surface area contributed by atoms with Gasteiger partial charge in [0, 0.05) is 51.4 Å². The van der Waals surface area contributed by atoms with E-state index in [1.807, 2.05) is 65.2 Å². The zero-order chi connectivity index (χ0) is 23.4. The molecule has 172 valence electrons. The van der Waals surface area contributed by atoms with E-state index >= 15 is 0 Å². The average molecular weight is 448 g/mol. The monoisotopic (exact) mass is 447 g/mol. The minimum absolute atomic E-state index is 0.0152. The topological polar surface area (TPSA) is 104 Å². The fourth-order valence-corrected chi connectivity index (χ4v) is 4.22. The number of piperidine rings is 1. The Morgan fingerprint density at radius 1 is 1.03 bits per heavy atom. The molecule has 2 heterocycles. The summed E-state index contributed by atoms with van der Waals surface area (Å²) in [6.45, 7) is 1.17. The van der Waals surface area contributed by atoms with Crippen LogP contribution in [-0.4, -0.2) is 60.6 Å². The van der Waals surface area contributed by atoms with Gasteiger partial charge in [0.25, 0.3) is 5.91 Å². The Labute approximate surface area is 192 Å². The van der Waals surface area contributed by atoms with Crippen LogP contribution < -0.4 is 21.5 Å². The summed E-state index contributed by atoms with van der Waals surface area (Å²) in [6, 6.07) is 15.2. The molecule has 9 nitrogen and oxygen atoms in total. The summed E-state index contributed by atoms with van der Waals surface area (Å²) in [5.41, 5.74) is 7.00. The molecule has 1 aromatic heterocycles. The molecule has 2 aromatic carbocycles. The van der Waals surface area contributed by atoms with Crippen molar-refractivity contribution in [3.8, 4) is 0 Å². The van der Waals surface area contributed by atoms with Gasteiger partial charge < -0.3 is 21.0 Å². The van der Waals surface area contributed by atoms with E-state index in [1.165, 1.54) is 0 Å². The number of fused-ring (bicyclic) bond motifs is 1. The highest BCUT2D eigenvalue weighted by atomic mass is 16.2. The third-order valence-electron chi connectivity index (χ3n) is 6.01. The number of anilines is 2. The van der Waals surface area contributed by atoms with Crippen LogP contribution in [0.1, 0.15) is 23.2 Å². The molecule has 3 N–H and O–H groups in total. The largest absolute Gasteiger partial charge is 0.359 e. The number of benzene rings is 2. The summed E-state index contributed by atoms with van der Waals surface area (Å²) in [4.78, 5) is 35.7. The predicted octanol–water partition coefficient (Wildman–Crippen LogP) is 2.08. The molecule has 1 fully saturated rings. The molecule has 1 aliphatic heterocycles. The number of carbonyl (C=O) groups excluding carboxylic acids is 2. The number of para-hydroxylation sites is 2. The van der Waals surface area contributed by atoms with Gasteiger partial charge in [0.2, 0.25) is 5.91 Å². The molecular formula is C24H29N7O2. The van der Waals surface area contributed by atoms with Crippen LogP contribution in [-0.2, 0) is 4.79 Å². The van der Waals surface area contributed by atoms with E-state index in [1.54, 1.807) is 14.1 Å². The quantitative estimate of drug-likeness (QED) is 0.556. The lowest BCUT2D eigenvalue weighted by Gasteiger charge is -2.31. The number of nitrogens with one attached hydrogen (secondary N) is 3. The normalized spacial score (nSPS) is 14.9. The standard InChI is InChI=1S/C24H29N7O2/c1-25-22-21(29-19-6-4-5-7-20(19)31(22)27-3)28-18-10-8-17(9-11-18)24(33)30-14-12-16(13-15-30)23(32)26-2/h4-11,16,27H,12-15H2,1-3H3,(H,26,32)(H,28,29). The maximum absolute atomic E-state index is 12.9. The summed E-state index contributed by atoms with van der Waals surface area (Å²) >= 11 is 0. The minimum Gasteiger partial charge on any atom is -0.359 e. The SMILES string of the molecule is CN=c1c(Nc2ccc(C(=O)N3CCC(C(=O)NC)CC3)cc2)nc2ccccc2n1NC. The van der Waals surface area contributed by atoms with E-state index < -0.39 is 0 Å². The number of amides is 2. The molecule has 33 heavy (non-hydrogen) atoms. The van der Waals surface area contributed by atoms with Crippen molar-refractivity contribution in [1.82, 2.24) is 19.9 Å². The van der Waals surface area contributed by atoms with Crippen LogP contribution in [0.5, 0.6) is 0 Å². The summed E-state index contributed by atoms with van der Waals surface area (Å²) in [6.07, 6.45) is 1.38. The number of carbonyl (C=O) groups is 2. The third-order valence-corrected chi connectivity index (χ3v) is 6.01. The Morgan fingerprint density at radius 2 is 1.73 bits per heavy atom. The first-order chi connectivity index (χ1) is 16.0. The molecule has 0 atom stereocenters. The molecule has 3 aromatic rings. The van der Waals surface area contributed by atoms with Gasteiger partial charge in [-0.25, -0.2) is 9.66 Å². The van der Waals surface area contributed by atoms with Crippen molar-refractivity contribution in [2.24, 2.45) is 10.9 Å². The number of hydrogen-bond donors (Lipinski definition) is 3. The minimum atomic E-state index is -0.0157. The number of hydrogen-bond acceptors (Lipinski definition) is 6. The first-order valence-corrected chi connectivity index (χ1v) is 11.1. The number of aromatic nitrogens is 2. The second-order valence-electron chi connectivity index (χ2n) is 7.94. The van der Waals surface area contributed by atoms with Crippen molar-refractivity contribution in [3.63, 3.8) is 0 Å². The summed E-state index contributed by atoms with van der Waals surface area (Å²) < 4.78 is 1.88. The van der Waals surface area contributed by atoms with Gasteiger partial charge in [-0.1, -0.05) is 12.1 Å². The van der Waals surface area contributed by atoms with E-state index in [0.29, 0.717) is 42.8 Å². The molecule has 1 saturated heterocycles. The van der Waals surface area contributed by atoms with E-state index in [4.69, 9.17) is 4.98 Å². The molecule has 0 bridgehead atoms. The molecule has 0 spiro atoms. The van der Waals surface area contributed by atoms with Crippen LogP contribution in [0.4, 0.5) is 11.5 Å². The smallest absolute Gasteiger partial charge is 0.253 e. The second kappa shape index (κ2) is 9.72. The predicted molar refractivity (Wildman–Crippen MR) is 129 cm³/mol. The Morgan fingerprint density at radius 3 is 2.36 bits per heavy atom. The molecule has 4 rings (SSSR count). The van der Waals surface area contributed by atoms with Crippen molar-refractivity contribution in [2.75, 3.05) is 45.0 Å². The Kier molecular flexibility index (Phi) is 6.58. The summed E-state index contributed by atoms with van der Waals surface area (Å²) in [7, 11) is 5.21. The summed E-state index contributed by atoms with van der Waals surface area (Å²) in [5.74, 6) is 0.634. The van der Waals surface area contributed by atoms with E-state index in [2.05, 4.69) is 21.1 Å². The summed E-state index contributed by atoms with van der Waals surface area (Å²) in [5, 5.41) is 6.02. The highest BCUT2D eigenvalue weighted by molar-refractivity contribution is 5.95. The van der Waals surface area contributed by atoms with E-state index in [9.17, 15) is 9.59 Å². The highest BCUT2D eigenvalue weighted by Crippen LogP contribution is 2.21. The van der Waals surface area contributed by atoms with Crippen molar-refractivity contribution in [1.29, 1.82) is 0 Å². The highest BCUT2D eigenvalue weighted by Gasteiger charge is 2.27. The van der Waals surface area contributed by atoms with Crippen molar-refractivity contribution in [2.45, 2.75) is 12.8 Å². The molecule has 1 aliphatic rings. The molecule has 0 saturated carbocycles. The number of nitrogens with zero attached hydrogens (tertiary/aromatic N) is 4. The lowest BCUT2D eigenvalue weighted by Crippen LogP contribution is -2.42. The maximum atomic E-state index is 12.9. The maximum Gasteiger partial charge on any atom is 0.253 e. The first-order valence-electron chi connectivity index (χ1n) is 11.1. The molecule has 0 aliphatic carbocycles. The van der Waals surface area contributed by atoms with Crippen LogP contribution in [0, 0.1) is 5.92 Å². The molecule has 9 heteroatoms. The van der Waals surface area contributed by atoms with Gasteiger partial charge in [-0.3, -0.25) is 14.6 Å². The van der Waals surface area contributed by atoms with Gasteiger partial charge in [-0.05, 0) is 49.2 Å². The molecule has 2 amide bonds. The first kappa shape index (κ1) is 22.3. The number of rotatable bonds is 5. The average Bonchev–Trinajstić information content (AvgIpc) is 2.87. The Hall–Kier alpha value is -3.88. The van der Waals surface area contributed by atoms with Gasteiger partial charge in [-0.15, -0.1) is 0 Å². The van der Waals surface area contributed by atoms with Crippen molar-refractivity contribution >= 4 is 34.4 Å². The van der Waals surface area contributed by atoms with Crippen LogP contribution >= 0.6 is 0 Å². The lowest BCUT2D eigenvalue weighted by atomic mass is 9.95. The third kappa shape index (κ3) is 4.52. The van der Waals surface area contributed by atoms with Gasteiger partial charge in [0.1, 0.15) is 0 Å². The Balaban J connectivity index is 1.51. The van der Waals surface area contributed by atoms with Gasteiger partial charge in [-0.2, -0.15) is 0 Å².